The molecule has 0 unspecified atom stereocenters. The fourth-order valence-electron chi connectivity index (χ4n) is 3.21. The van der Waals surface area contributed by atoms with Gasteiger partial charge in [0.05, 0.1) is 19.2 Å². The lowest BCUT2D eigenvalue weighted by atomic mass is 9.97. The highest BCUT2D eigenvalue weighted by Crippen LogP contribution is 2.19. The number of ether oxygens (including phenoxy) is 1. The molecule has 0 spiro atoms. The molecule has 1 N–H and O–H groups in total. The van der Waals surface area contributed by atoms with E-state index in [1.165, 1.54) is 7.11 Å². The van der Waals surface area contributed by atoms with Crippen LogP contribution in [0.25, 0.3) is 0 Å². The Kier molecular flexibility index (Phi) is 6.01. The number of benzene rings is 1. The Labute approximate surface area is 152 Å². The smallest absolute Gasteiger partial charge is 0.337 e. The maximum absolute atomic E-state index is 12.2. The first-order valence-electron chi connectivity index (χ1n) is 8.82. The van der Waals surface area contributed by atoms with E-state index in [4.69, 9.17) is 0 Å². The number of rotatable bonds is 6. The molecular formula is C19H24N4O3. The first-order valence-corrected chi connectivity index (χ1v) is 8.82. The molecule has 0 bridgehead atoms. The molecule has 3 rings (SSSR count). The van der Waals surface area contributed by atoms with E-state index in [-0.39, 0.29) is 11.9 Å². The molecular weight excluding hydrogens is 332 g/mol. The van der Waals surface area contributed by atoms with E-state index in [9.17, 15) is 9.59 Å². The van der Waals surface area contributed by atoms with Crippen LogP contribution in [0.2, 0.25) is 0 Å². The van der Waals surface area contributed by atoms with Crippen molar-refractivity contribution in [3.05, 3.63) is 48.3 Å². The minimum Gasteiger partial charge on any atom is -0.465 e. The Bertz CT molecular complexity index is 720. The van der Waals surface area contributed by atoms with E-state index < -0.39 is 0 Å². The minimum atomic E-state index is -0.388. The van der Waals surface area contributed by atoms with Crippen LogP contribution in [-0.2, 0) is 16.1 Å². The number of anilines is 1. The fraction of sp³-hybridized carbons (Fsp3) is 0.421. The van der Waals surface area contributed by atoms with Crippen molar-refractivity contribution in [2.45, 2.75) is 19.4 Å². The van der Waals surface area contributed by atoms with E-state index >= 15 is 0 Å². The van der Waals surface area contributed by atoms with Crippen molar-refractivity contribution >= 4 is 17.6 Å². The van der Waals surface area contributed by atoms with Gasteiger partial charge in [-0.1, -0.05) is 0 Å². The number of hydrogen-bond donors (Lipinski definition) is 1. The van der Waals surface area contributed by atoms with Gasteiger partial charge in [-0.25, -0.2) is 4.79 Å². The summed E-state index contributed by atoms with van der Waals surface area (Å²) in [6.07, 6.45) is 5.93. The van der Waals surface area contributed by atoms with Crippen molar-refractivity contribution in [3.8, 4) is 0 Å². The number of carbonyl (C=O) groups is 2. The number of esters is 1. The van der Waals surface area contributed by atoms with E-state index in [0.717, 1.165) is 32.5 Å². The molecule has 7 heteroatoms. The van der Waals surface area contributed by atoms with Gasteiger partial charge in [0.25, 0.3) is 0 Å². The van der Waals surface area contributed by atoms with Crippen molar-refractivity contribution in [1.82, 2.24) is 14.7 Å². The quantitative estimate of drug-likeness (QED) is 0.802. The van der Waals surface area contributed by atoms with Crippen LogP contribution in [0.3, 0.4) is 0 Å². The molecule has 1 aliphatic heterocycles. The zero-order valence-electron chi connectivity index (χ0n) is 14.9. The zero-order chi connectivity index (χ0) is 18.4. The van der Waals surface area contributed by atoms with Crippen molar-refractivity contribution < 1.29 is 14.3 Å². The molecule has 138 valence electrons. The van der Waals surface area contributed by atoms with E-state index in [1.54, 1.807) is 30.5 Å². The Morgan fingerprint density at radius 2 is 1.96 bits per heavy atom. The number of aromatic nitrogens is 2. The maximum atomic E-state index is 12.2. The third-order valence-corrected chi connectivity index (χ3v) is 4.67. The van der Waals surface area contributed by atoms with Crippen LogP contribution >= 0.6 is 0 Å². The first kappa shape index (κ1) is 18.1. The van der Waals surface area contributed by atoms with Crippen LogP contribution in [0.1, 0.15) is 23.2 Å². The Morgan fingerprint density at radius 3 is 2.58 bits per heavy atom. The largest absolute Gasteiger partial charge is 0.465 e. The topological polar surface area (TPSA) is 76.5 Å². The third-order valence-electron chi connectivity index (χ3n) is 4.67. The van der Waals surface area contributed by atoms with Gasteiger partial charge in [-0.05, 0) is 62.2 Å². The van der Waals surface area contributed by atoms with Crippen molar-refractivity contribution in [3.63, 3.8) is 0 Å². The number of amides is 1. The van der Waals surface area contributed by atoms with Gasteiger partial charge >= 0.3 is 5.97 Å². The van der Waals surface area contributed by atoms with Gasteiger partial charge < -0.3 is 10.1 Å². The number of nitrogens with one attached hydrogen (secondary N) is 1. The summed E-state index contributed by atoms with van der Waals surface area (Å²) in [4.78, 5) is 25.8. The first-order chi connectivity index (χ1) is 12.6. The molecule has 1 saturated heterocycles. The average molecular weight is 356 g/mol. The van der Waals surface area contributed by atoms with Gasteiger partial charge in [0.15, 0.2) is 0 Å². The molecule has 2 heterocycles. The molecule has 1 aromatic carbocycles. The number of likely N-dealkylation sites (tertiary alicyclic amines) is 1. The Hall–Kier alpha value is -2.67. The standard InChI is InChI=1S/C19H24N4O3/c1-26-19(25)16-3-5-17(6-4-16)21-18(24)14-22-11-7-15(8-12-22)13-23-10-2-9-20-23/h2-6,9-10,15H,7-8,11-14H2,1H3,(H,21,24). The summed E-state index contributed by atoms with van der Waals surface area (Å²) in [6.45, 7) is 3.16. The molecule has 0 radical (unpaired) electrons. The summed E-state index contributed by atoms with van der Waals surface area (Å²) in [5.41, 5.74) is 1.14. The predicted molar refractivity (Wildman–Crippen MR) is 97.8 cm³/mol. The Balaban J connectivity index is 1.42. The fourth-order valence-corrected chi connectivity index (χ4v) is 3.21. The second-order valence-corrected chi connectivity index (χ2v) is 6.56. The van der Waals surface area contributed by atoms with Gasteiger partial charge in [0, 0.05) is 24.6 Å². The second kappa shape index (κ2) is 8.62. The van der Waals surface area contributed by atoms with Gasteiger partial charge in [-0.15, -0.1) is 0 Å². The highest BCUT2D eigenvalue weighted by atomic mass is 16.5. The summed E-state index contributed by atoms with van der Waals surface area (Å²) in [5, 5.41) is 7.13. The normalized spacial score (nSPS) is 15.6. The van der Waals surface area contributed by atoms with Crippen molar-refractivity contribution in [1.29, 1.82) is 0 Å². The monoisotopic (exact) mass is 356 g/mol. The van der Waals surface area contributed by atoms with Crippen LogP contribution < -0.4 is 5.32 Å². The number of carbonyl (C=O) groups excluding carboxylic acids is 2. The maximum Gasteiger partial charge on any atom is 0.337 e. The van der Waals surface area contributed by atoms with E-state index in [1.807, 2.05) is 16.9 Å². The van der Waals surface area contributed by atoms with E-state index in [2.05, 4.69) is 20.1 Å². The summed E-state index contributed by atoms with van der Waals surface area (Å²) >= 11 is 0. The SMILES string of the molecule is COC(=O)c1ccc(NC(=O)CN2CCC(Cn3cccn3)CC2)cc1. The Morgan fingerprint density at radius 1 is 1.23 bits per heavy atom. The highest BCUT2D eigenvalue weighted by Gasteiger charge is 2.21. The molecule has 1 aliphatic rings. The molecule has 1 amide bonds. The summed E-state index contributed by atoms with van der Waals surface area (Å²) in [7, 11) is 1.34. The lowest BCUT2D eigenvalue weighted by Crippen LogP contribution is -2.40. The third kappa shape index (κ3) is 4.92. The average Bonchev–Trinajstić information content (AvgIpc) is 3.16. The summed E-state index contributed by atoms with van der Waals surface area (Å²) in [5.74, 6) is 0.183. The number of piperidine rings is 1. The number of hydrogen-bond acceptors (Lipinski definition) is 5. The van der Waals surface area contributed by atoms with Crippen LogP contribution in [-0.4, -0.2) is 53.3 Å². The van der Waals surface area contributed by atoms with Crippen LogP contribution in [0, 0.1) is 5.92 Å². The lowest BCUT2D eigenvalue weighted by molar-refractivity contribution is -0.117. The molecule has 1 fully saturated rings. The molecule has 1 aromatic heterocycles. The number of methoxy groups -OCH3 is 1. The van der Waals surface area contributed by atoms with Crippen LogP contribution in [0.5, 0.6) is 0 Å². The highest BCUT2D eigenvalue weighted by molar-refractivity contribution is 5.93. The van der Waals surface area contributed by atoms with E-state index in [0.29, 0.717) is 23.7 Å². The van der Waals surface area contributed by atoms with Crippen LogP contribution in [0.15, 0.2) is 42.7 Å². The van der Waals surface area contributed by atoms with Gasteiger partial charge in [0.2, 0.25) is 5.91 Å². The van der Waals surface area contributed by atoms with Crippen molar-refractivity contribution in [2.24, 2.45) is 5.92 Å². The molecule has 7 nitrogen and oxygen atoms in total. The molecule has 2 aromatic rings. The second-order valence-electron chi connectivity index (χ2n) is 6.56. The molecule has 26 heavy (non-hydrogen) atoms. The van der Waals surface area contributed by atoms with Gasteiger partial charge in [-0.2, -0.15) is 5.10 Å². The minimum absolute atomic E-state index is 0.0404. The number of nitrogens with zero attached hydrogens (tertiary/aromatic N) is 3. The molecule has 0 atom stereocenters. The summed E-state index contributed by atoms with van der Waals surface area (Å²) in [6, 6.07) is 8.64. The van der Waals surface area contributed by atoms with Crippen LogP contribution in [0.4, 0.5) is 5.69 Å². The molecule has 0 aliphatic carbocycles. The van der Waals surface area contributed by atoms with Gasteiger partial charge in [0.1, 0.15) is 0 Å². The molecule has 0 saturated carbocycles. The predicted octanol–water partition coefficient (Wildman–Crippen LogP) is 2.02. The van der Waals surface area contributed by atoms with Gasteiger partial charge in [-0.3, -0.25) is 14.4 Å². The zero-order valence-corrected chi connectivity index (χ0v) is 14.9. The lowest BCUT2D eigenvalue weighted by Gasteiger charge is -2.31. The summed E-state index contributed by atoms with van der Waals surface area (Å²) < 4.78 is 6.64. The van der Waals surface area contributed by atoms with Crippen molar-refractivity contribution in [2.75, 3.05) is 32.1 Å².